The minimum Gasteiger partial charge on any atom is -0.493 e. The van der Waals surface area contributed by atoms with Crippen LogP contribution in [0.15, 0.2) is 48.0 Å². The Kier molecular flexibility index (Phi) is 6.99. The zero-order valence-corrected chi connectivity index (χ0v) is 15.2. The summed E-state index contributed by atoms with van der Waals surface area (Å²) >= 11 is 0. The summed E-state index contributed by atoms with van der Waals surface area (Å²) in [4.78, 5) is 12.2. The summed E-state index contributed by atoms with van der Waals surface area (Å²) in [5.74, 6) is 0.824. The van der Waals surface area contributed by atoms with Gasteiger partial charge in [-0.15, -0.1) is 0 Å². The molecule has 2 rings (SSSR count). The second-order valence-corrected chi connectivity index (χ2v) is 5.60. The van der Waals surface area contributed by atoms with Gasteiger partial charge in [-0.1, -0.05) is 18.2 Å². The van der Waals surface area contributed by atoms with E-state index in [-0.39, 0.29) is 5.57 Å². The molecule has 0 aliphatic rings. The van der Waals surface area contributed by atoms with Gasteiger partial charge in [0.05, 0.1) is 25.9 Å². The molecule has 0 aromatic heterocycles. The topological polar surface area (TPSA) is 95.1 Å². The van der Waals surface area contributed by atoms with Gasteiger partial charge in [-0.05, 0) is 47.9 Å². The molecule has 2 aromatic carbocycles. The second kappa shape index (κ2) is 9.65. The number of ether oxygens (including phenoxy) is 2. The maximum atomic E-state index is 12.2. The molecule has 0 saturated carbocycles. The van der Waals surface area contributed by atoms with E-state index in [9.17, 15) is 10.1 Å². The van der Waals surface area contributed by atoms with E-state index in [0.29, 0.717) is 35.6 Å². The molecular formula is C21H19N3O3. The summed E-state index contributed by atoms with van der Waals surface area (Å²) in [6.45, 7) is 0.376. The van der Waals surface area contributed by atoms with Gasteiger partial charge in [0, 0.05) is 6.54 Å². The van der Waals surface area contributed by atoms with E-state index in [1.165, 1.54) is 6.08 Å². The molecule has 0 atom stereocenters. The van der Waals surface area contributed by atoms with Crippen LogP contribution >= 0.6 is 0 Å². The van der Waals surface area contributed by atoms with Crippen LogP contribution < -0.4 is 14.8 Å². The first-order chi connectivity index (χ1) is 13.1. The van der Waals surface area contributed by atoms with E-state index in [2.05, 4.69) is 5.32 Å². The predicted octanol–water partition coefficient (Wildman–Crippen LogP) is 2.84. The fourth-order valence-corrected chi connectivity index (χ4v) is 2.42. The number of hydrogen-bond donors (Lipinski definition) is 1. The molecule has 0 heterocycles. The number of rotatable bonds is 7. The van der Waals surface area contributed by atoms with Crippen LogP contribution in [0.4, 0.5) is 0 Å². The largest absolute Gasteiger partial charge is 0.493 e. The first kappa shape index (κ1) is 19.6. The Hall–Kier alpha value is -3.77. The summed E-state index contributed by atoms with van der Waals surface area (Å²) < 4.78 is 10.5. The van der Waals surface area contributed by atoms with Gasteiger partial charge in [0.15, 0.2) is 11.5 Å². The minimum atomic E-state index is -0.442. The number of methoxy groups -OCH3 is 2. The number of carbonyl (C=O) groups excluding carboxylic acids is 1. The molecule has 27 heavy (non-hydrogen) atoms. The van der Waals surface area contributed by atoms with E-state index in [4.69, 9.17) is 14.7 Å². The van der Waals surface area contributed by atoms with E-state index in [0.717, 1.165) is 5.56 Å². The number of benzene rings is 2. The maximum Gasteiger partial charge on any atom is 0.261 e. The lowest BCUT2D eigenvalue weighted by Gasteiger charge is -2.10. The van der Waals surface area contributed by atoms with Gasteiger partial charge in [0.2, 0.25) is 0 Å². The Morgan fingerprint density at radius 3 is 2.37 bits per heavy atom. The molecule has 136 valence electrons. The van der Waals surface area contributed by atoms with Crippen molar-refractivity contribution >= 4 is 12.0 Å². The SMILES string of the molecule is COc1ccc(CCNC(=O)/C(C#N)=C\c2ccc(C#N)cc2)cc1OC. The van der Waals surface area contributed by atoms with Crippen LogP contribution in [0.1, 0.15) is 16.7 Å². The van der Waals surface area contributed by atoms with Crippen LogP contribution in [0.5, 0.6) is 11.5 Å². The number of carbonyl (C=O) groups is 1. The van der Waals surface area contributed by atoms with E-state index >= 15 is 0 Å². The molecule has 6 nitrogen and oxygen atoms in total. The molecule has 0 fully saturated rings. The van der Waals surface area contributed by atoms with Crippen molar-refractivity contribution in [1.29, 1.82) is 10.5 Å². The van der Waals surface area contributed by atoms with Crippen molar-refractivity contribution in [3.05, 3.63) is 64.7 Å². The second-order valence-electron chi connectivity index (χ2n) is 5.60. The highest BCUT2D eigenvalue weighted by atomic mass is 16.5. The highest BCUT2D eigenvalue weighted by molar-refractivity contribution is 6.01. The zero-order valence-electron chi connectivity index (χ0n) is 15.2. The van der Waals surface area contributed by atoms with Crippen molar-refractivity contribution < 1.29 is 14.3 Å². The summed E-state index contributed by atoms with van der Waals surface area (Å²) in [5, 5.41) is 20.8. The summed E-state index contributed by atoms with van der Waals surface area (Å²) in [6, 6.07) is 16.1. The fourth-order valence-electron chi connectivity index (χ4n) is 2.42. The Labute approximate surface area is 158 Å². The summed E-state index contributed by atoms with van der Waals surface area (Å²) in [7, 11) is 3.14. The average Bonchev–Trinajstić information content (AvgIpc) is 2.72. The molecule has 2 aromatic rings. The Morgan fingerprint density at radius 2 is 1.78 bits per heavy atom. The number of nitrogens with one attached hydrogen (secondary N) is 1. The molecule has 0 unspecified atom stereocenters. The van der Waals surface area contributed by atoms with E-state index < -0.39 is 5.91 Å². The van der Waals surface area contributed by atoms with Gasteiger partial charge in [-0.3, -0.25) is 4.79 Å². The Balaban J connectivity index is 1.98. The molecule has 6 heteroatoms. The molecule has 1 N–H and O–H groups in total. The van der Waals surface area contributed by atoms with Gasteiger partial charge in [0.1, 0.15) is 11.6 Å². The Bertz CT molecular complexity index is 919. The molecule has 0 aliphatic carbocycles. The van der Waals surface area contributed by atoms with Gasteiger partial charge < -0.3 is 14.8 Å². The van der Waals surface area contributed by atoms with Crippen LogP contribution in [0.25, 0.3) is 6.08 Å². The first-order valence-corrected chi connectivity index (χ1v) is 8.22. The number of nitriles is 2. The predicted molar refractivity (Wildman–Crippen MR) is 101 cm³/mol. The number of nitrogens with zero attached hydrogens (tertiary/aromatic N) is 2. The van der Waals surface area contributed by atoms with E-state index in [1.807, 2.05) is 30.3 Å². The highest BCUT2D eigenvalue weighted by Gasteiger charge is 2.09. The van der Waals surface area contributed by atoms with Gasteiger partial charge in [-0.2, -0.15) is 10.5 Å². The monoisotopic (exact) mass is 361 g/mol. The van der Waals surface area contributed by atoms with Crippen LogP contribution in [0.2, 0.25) is 0 Å². The molecule has 0 bridgehead atoms. The van der Waals surface area contributed by atoms with E-state index in [1.54, 1.807) is 38.5 Å². The lowest BCUT2D eigenvalue weighted by molar-refractivity contribution is -0.117. The fraction of sp³-hybridized carbons (Fsp3) is 0.190. The molecule has 0 saturated heterocycles. The maximum absolute atomic E-state index is 12.2. The van der Waals surface area contributed by atoms with Gasteiger partial charge in [-0.25, -0.2) is 0 Å². The van der Waals surface area contributed by atoms with Crippen molar-refractivity contribution in [3.63, 3.8) is 0 Å². The zero-order chi connectivity index (χ0) is 19.6. The van der Waals surface area contributed by atoms with Crippen molar-refractivity contribution in [3.8, 4) is 23.6 Å². The standard InChI is InChI=1S/C21H19N3O3/c1-26-19-8-7-16(12-20(19)27-2)9-10-24-21(25)18(14-23)11-15-3-5-17(13-22)6-4-15/h3-8,11-12H,9-10H2,1-2H3,(H,24,25)/b18-11-. The van der Waals surface area contributed by atoms with Crippen molar-refractivity contribution in [2.24, 2.45) is 0 Å². The first-order valence-electron chi connectivity index (χ1n) is 8.22. The lowest BCUT2D eigenvalue weighted by Crippen LogP contribution is -2.26. The van der Waals surface area contributed by atoms with Crippen molar-refractivity contribution in [1.82, 2.24) is 5.32 Å². The molecule has 0 radical (unpaired) electrons. The highest BCUT2D eigenvalue weighted by Crippen LogP contribution is 2.27. The van der Waals surface area contributed by atoms with Crippen molar-refractivity contribution in [2.45, 2.75) is 6.42 Å². The normalized spacial score (nSPS) is 10.4. The molecular weight excluding hydrogens is 342 g/mol. The smallest absolute Gasteiger partial charge is 0.261 e. The lowest BCUT2D eigenvalue weighted by atomic mass is 10.1. The average molecular weight is 361 g/mol. The number of hydrogen-bond acceptors (Lipinski definition) is 5. The van der Waals surface area contributed by atoms with Gasteiger partial charge >= 0.3 is 0 Å². The quantitative estimate of drug-likeness (QED) is 0.604. The molecule has 1 amide bonds. The van der Waals surface area contributed by atoms with Crippen LogP contribution in [0.3, 0.4) is 0 Å². The summed E-state index contributed by atoms with van der Waals surface area (Å²) in [5.41, 5.74) is 2.18. The molecule has 0 aliphatic heterocycles. The molecule has 0 spiro atoms. The van der Waals surface area contributed by atoms with Crippen LogP contribution in [-0.4, -0.2) is 26.7 Å². The van der Waals surface area contributed by atoms with Crippen LogP contribution in [0, 0.1) is 22.7 Å². The Morgan fingerprint density at radius 1 is 1.07 bits per heavy atom. The van der Waals surface area contributed by atoms with Crippen molar-refractivity contribution in [2.75, 3.05) is 20.8 Å². The third-order valence-corrected chi connectivity index (χ3v) is 3.86. The van der Waals surface area contributed by atoms with Gasteiger partial charge in [0.25, 0.3) is 5.91 Å². The third-order valence-electron chi connectivity index (χ3n) is 3.86. The number of amides is 1. The van der Waals surface area contributed by atoms with Crippen LogP contribution in [-0.2, 0) is 11.2 Å². The minimum absolute atomic E-state index is 0.00650. The summed E-state index contributed by atoms with van der Waals surface area (Å²) in [6.07, 6.45) is 2.08. The third kappa shape index (κ3) is 5.35.